The zero-order valence-corrected chi connectivity index (χ0v) is 12.1. The molecule has 3 nitrogen and oxygen atoms in total. The summed E-state index contributed by atoms with van der Waals surface area (Å²) in [7, 11) is 0. The second kappa shape index (κ2) is 7.06. The molecule has 0 saturated carbocycles. The van der Waals surface area contributed by atoms with Gasteiger partial charge >= 0.3 is 5.97 Å². The molecule has 106 valence electrons. The van der Waals surface area contributed by atoms with Crippen LogP contribution in [0.4, 0.5) is 0 Å². The van der Waals surface area contributed by atoms with Crippen molar-refractivity contribution in [3.8, 4) is 0 Å². The molecule has 20 heavy (non-hydrogen) atoms. The van der Waals surface area contributed by atoms with Gasteiger partial charge in [-0.2, -0.15) is 0 Å². The Morgan fingerprint density at radius 3 is 2.75 bits per heavy atom. The molecule has 0 aliphatic heterocycles. The maximum absolute atomic E-state index is 11.2. The van der Waals surface area contributed by atoms with Crippen LogP contribution in [0, 0.1) is 0 Å². The molecule has 1 atom stereocenters. The van der Waals surface area contributed by atoms with Crippen LogP contribution in [-0.4, -0.2) is 18.6 Å². The summed E-state index contributed by atoms with van der Waals surface area (Å²) < 4.78 is 5.22. The summed E-state index contributed by atoms with van der Waals surface area (Å²) in [5, 5.41) is 5.86. The molecule has 3 heteroatoms. The summed E-state index contributed by atoms with van der Waals surface area (Å²) in [4.78, 5) is 11.2. The minimum Gasteiger partial charge on any atom is -0.461 e. The average Bonchev–Trinajstić information content (AvgIpc) is 2.47. The standard InChI is InChI=1S/C17H21NO2/c1-3-17(19)20-13(2)11-18-12-15-9-6-8-14-7-4-5-10-16(14)15/h4-10,13,18H,3,11-12H2,1-2H3. The van der Waals surface area contributed by atoms with Crippen LogP contribution in [-0.2, 0) is 16.1 Å². The van der Waals surface area contributed by atoms with E-state index in [-0.39, 0.29) is 12.1 Å². The van der Waals surface area contributed by atoms with Crippen LogP contribution in [0.25, 0.3) is 10.8 Å². The lowest BCUT2D eigenvalue weighted by Crippen LogP contribution is -2.28. The minimum absolute atomic E-state index is 0.0996. The number of hydrogen-bond donors (Lipinski definition) is 1. The molecule has 2 aromatic carbocycles. The molecule has 0 heterocycles. The highest BCUT2D eigenvalue weighted by Gasteiger charge is 2.07. The van der Waals surface area contributed by atoms with Gasteiger partial charge in [-0.25, -0.2) is 0 Å². The largest absolute Gasteiger partial charge is 0.461 e. The van der Waals surface area contributed by atoms with Crippen molar-refractivity contribution in [2.75, 3.05) is 6.54 Å². The molecule has 0 fully saturated rings. The lowest BCUT2D eigenvalue weighted by atomic mass is 10.0. The first-order valence-corrected chi connectivity index (χ1v) is 7.07. The van der Waals surface area contributed by atoms with Gasteiger partial charge < -0.3 is 10.1 Å². The topological polar surface area (TPSA) is 38.3 Å². The summed E-state index contributed by atoms with van der Waals surface area (Å²) in [5.74, 6) is -0.149. The van der Waals surface area contributed by atoms with E-state index < -0.39 is 0 Å². The molecule has 0 spiro atoms. The molecule has 1 N–H and O–H groups in total. The van der Waals surface area contributed by atoms with Crippen molar-refractivity contribution in [2.45, 2.75) is 32.9 Å². The predicted molar refractivity (Wildman–Crippen MR) is 81.5 cm³/mol. The van der Waals surface area contributed by atoms with E-state index in [9.17, 15) is 4.79 Å². The molecule has 1 unspecified atom stereocenters. The number of esters is 1. The molecule has 0 aromatic heterocycles. The van der Waals surface area contributed by atoms with Crippen molar-refractivity contribution >= 4 is 16.7 Å². The number of ether oxygens (including phenoxy) is 1. The normalized spacial score (nSPS) is 12.3. The Hall–Kier alpha value is -1.87. The van der Waals surface area contributed by atoms with Crippen molar-refractivity contribution in [2.24, 2.45) is 0 Å². The summed E-state index contributed by atoms with van der Waals surface area (Å²) in [5.41, 5.74) is 1.26. The smallest absolute Gasteiger partial charge is 0.305 e. The fourth-order valence-corrected chi connectivity index (χ4v) is 2.21. The van der Waals surface area contributed by atoms with Gasteiger partial charge in [0, 0.05) is 19.5 Å². The first-order chi connectivity index (χ1) is 9.70. The van der Waals surface area contributed by atoms with Gasteiger partial charge in [0.15, 0.2) is 0 Å². The van der Waals surface area contributed by atoms with E-state index in [4.69, 9.17) is 4.74 Å². The second-order valence-corrected chi connectivity index (χ2v) is 4.92. The van der Waals surface area contributed by atoms with Gasteiger partial charge in [-0.3, -0.25) is 4.79 Å². The molecule has 0 aliphatic carbocycles. The lowest BCUT2D eigenvalue weighted by molar-refractivity contribution is -0.147. The zero-order valence-electron chi connectivity index (χ0n) is 12.1. The first kappa shape index (κ1) is 14.5. The van der Waals surface area contributed by atoms with Crippen LogP contribution < -0.4 is 5.32 Å². The Morgan fingerprint density at radius 1 is 1.20 bits per heavy atom. The highest BCUT2D eigenvalue weighted by atomic mass is 16.5. The van der Waals surface area contributed by atoms with Crippen molar-refractivity contribution < 1.29 is 9.53 Å². The molecule has 2 rings (SSSR count). The zero-order chi connectivity index (χ0) is 14.4. The summed E-state index contributed by atoms with van der Waals surface area (Å²) in [6, 6.07) is 14.7. The molecule has 0 aliphatic rings. The van der Waals surface area contributed by atoms with E-state index in [1.165, 1.54) is 16.3 Å². The van der Waals surface area contributed by atoms with Crippen molar-refractivity contribution in [1.82, 2.24) is 5.32 Å². The highest BCUT2D eigenvalue weighted by Crippen LogP contribution is 2.18. The van der Waals surface area contributed by atoms with Gasteiger partial charge in [-0.1, -0.05) is 49.4 Å². The van der Waals surface area contributed by atoms with Gasteiger partial charge in [-0.05, 0) is 23.3 Å². The Bertz CT molecular complexity index is 575. The molecular weight excluding hydrogens is 250 g/mol. The van der Waals surface area contributed by atoms with E-state index in [1.54, 1.807) is 6.92 Å². The number of rotatable bonds is 6. The Balaban J connectivity index is 1.91. The first-order valence-electron chi connectivity index (χ1n) is 7.07. The van der Waals surface area contributed by atoms with E-state index in [0.29, 0.717) is 13.0 Å². The van der Waals surface area contributed by atoms with Crippen LogP contribution in [0.3, 0.4) is 0 Å². The summed E-state index contributed by atoms with van der Waals surface area (Å²) in [6.07, 6.45) is 0.325. The van der Waals surface area contributed by atoms with E-state index in [2.05, 4.69) is 41.7 Å². The molecule has 0 amide bonds. The molecule has 0 radical (unpaired) electrons. The SMILES string of the molecule is CCC(=O)OC(C)CNCc1cccc2ccccc12. The van der Waals surface area contributed by atoms with Crippen LogP contribution in [0.1, 0.15) is 25.8 Å². The van der Waals surface area contributed by atoms with Crippen LogP contribution in [0.2, 0.25) is 0 Å². The van der Waals surface area contributed by atoms with Gasteiger partial charge in [0.05, 0.1) is 0 Å². The van der Waals surface area contributed by atoms with E-state index in [1.807, 2.05) is 13.0 Å². The second-order valence-electron chi connectivity index (χ2n) is 4.92. The van der Waals surface area contributed by atoms with E-state index >= 15 is 0 Å². The third kappa shape index (κ3) is 3.81. The van der Waals surface area contributed by atoms with Gasteiger partial charge in [-0.15, -0.1) is 0 Å². The van der Waals surface area contributed by atoms with Crippen molar-refractivity contribution in [3.63, 3.8) is 0 Å². The van der Waals surface area contributed by atoms with Gasteiger partial charge in [0.25, 0.3) is 0 Å². The fourth-order valence-electron chi connectivity index (χ4n) is 2.21. The summed E-state index contributed by atoms with van der Waals surface area (Å²) >= 11 is 0. The minimum atomic E-state index is -0.149. The number of benzene rings is 2. The summed E-state index contributed by atoms with van der Waals surface area (Å²) in [6.45, 7) is 5.15. The number of fused-ring (bicyclic) bond motifs is 1. The van der Waals surface area contributed by atoms with Gasteiger partial charge in [0.1, 0.15) is 6.10 Å². The fraction of sp³-hybridized carbons (Fsp3) is 0.353. The predicted octanol–water partition coefficient (Wildman–Crippen LogP) is 3.27. The number of hydrogen-bond acceptors (Lipinski definition) is 3. The molecule has 0 saturated heterocycles. The molecular formula is C17H21NO2. The van der Waals surface area contributed by atoms with Crippen LogP contribution in [0.5, 0.6) is 0 Å². The van der Waals surface area contributed by atoms with E-state index in [0.717, 1.165) is 6.54 Å². The molecule has 2 aromatic rings. The third-order valence-corrected chi connectivity index (χ3v) is 3.25. The van der Waals surface area contributed by atoms with Crippen molar-refractivity contribution in [1.29, 1.82) is 0 Å². The third-order valence-electron chi connectivity index (χ3n) is 3.25. The number of carbonyl (C=O) groups is 1. The lowest BCUT2D eigenvalue weighted by Gasteiger charge is -2.14. The maximum atomic E-state index is 11.2. The van der Waals surface area contributed by atoms with Gasteiger partial charge in [0.2, 0.25) is 0 Å². The monoisotopic (exact) mass is 271 g/mol. The number of carbonyl (C=O) groups excluding carboxylic acids is 1. The Labute approximate surface area is 119 Å². The highest BCUT2D eigenvalue weighted by molar-refractivity contribution is 5.85. The average molecular weight is 271 g/mol. The van der Waals surface area contributed by atoms with Crippen LogP contribution >= 0.6 is 0 Å². The maximum Gasteiger partial charge on any atom is 0.305 e. The Kier molecular flexibility index (Phi) is 5.13. The number of nitrogens with one attached hydrogen (secondary N) is 1. The van der Waals surface area contributed by atoms with Crippen molar-refractivity contribution in [3.05, 3.63) is 48.0 Å². The Morgan fingerprint density at radius 2 is 1.95 bits per heavy atom. The molecule has 0 bridgehead atoms. The quantitative estimate of drug-likeness (QED) is 0.819. The van der Waals surface area contributed by atoms with Crippen LogP contribution in [0.15, 0.2) is 42.5 Å².